The van der Waals surface area contributed by atoms with Gasteiger partial charge < -0.3 is 4.42 Å². The Morgan fingerprint density at radius 3 is 1.97 bits per heavy atom. The van der Waals surface area contributed by atoms with E-state index in [4.69, 9.17) is 4.42 Å². The number of oxazole rings is 1. The number of aromatic nitrogens is 1. The molecule has 0 aliphatic carbocycles. The van der Waals surface area contributed by atoms with Crippen LogP contribution in [0.2, 0.25) is 0 Å². The average molecular weight is 423 g/mol. The van der Waals surface area contributed by atoms with Gasteiger partial charge >= 0.3 is 5.76 Å². The molecule has 0 radical (unpaired) electrons. The summed E-state index contributed by atoms with van der Waals surface area (Å²) >= 11 is 0. The van der Waals surface area contributed by atoms with E-state index in [1.807, 2.05) is 67.6 Å². The molecule has 0 bridgehead atoms. The Morgan fingerprint density at radius 1 is 0.867 bits per heavy atom. The molecule has 0 spiro atoms. The smallest absolute Gasteiger partial charge is 0.408 e. The molecule has 30 heavy (non-hydrogen) atoms. The third-order valence-corrected chi connectivity index (χ3v) is 6.78. The molecule has 1 heterocycles. The first-order chi connectivity index (χ1) is 14.5. The van der Waals surface area contributed by atoms with Crippen LogP contribution in [0.4, 0.5) is 0 Å². The van der Waals surface area contributed by atoms with Crippen molar-refractivity contribution >= 4 is 21.1 Å². The van der Waals surface area contributed by atoms with E-state index in [1.165, 1.54) is 21.0 Å². The van der Waals surface area contributed by atoms with Gasteiger partial charge in [0.15, 0.2) is 5.58 Å². The van der Waals surface area contributed by atoms with Gasteiger partial charge in [0.25, 0.3) is 0 Å². The van der Waals surface area contributed by atoms with Crippen molar-refractivity contribution in [2.45, 2.75) is 31.5 Å². The number of rotatable bonds is 7. The number of benzene rings is 3. The number of nitrogens with zero attached hydrogens (tertiary/aromatic N) is 2. The van der Waals surface area contributed by atoms with Gasteiger partial charge in [0.05, 0.1) is 10.4 Å². The summed E-state index contributed by atoms with van der Waals surface area (Å²) in [5.74, 6) is -0.493. The van der Waals surface area contributed by atoms with Crippen molar-refractivity contribution in [2.75, 3.05) is 0 Å². The molecule has 4 aromatic rings. The van der Waals surface area contributed by atoms with Crippen molar-refractivity contribution in [3.05, 3.63) is 101 Å². The predicted octanol–water partition coefficient (Wildman–Crippen LogP) is 4.01. The summed E-state index contributed by atoms with van der Waals surface area (Å²) in [7, 11) is -3.84. The lowest BCUT2D eigenvalue weighted by atomic mass is 10.2. The normalized spacial score (nSPS) is 11.9. The van der Waals surface area contributed by atoms with E-state index in [-0.39, 0.29) is 23.6 Å². The van der Waals surface area contributed by atoms with E-state index in [9.17, 15) is 13.2 Å². The molecule has 0 fully saturated rings. The molecule has 4 rings (SSSR count). The van der Waals surface area contributed by atoms with Crippen molar-refractivity contribution in [3.8, 4) is 0 Å². The van der Waals surface area contributed by atoms with Crippen LogP contribution in [0.25, 0.3) is 11.1 Å². The van der Waals surface area contributed by atoms with E-state index in [2.05, 4.69) is 0 Å². The molecule has 0 aliphatic heterocycles. The highest BCUT2D eigenvalue weighted by Crippen LogP contribution is 2.24. The first-order valence-electron chi connectivity index (χ1n) is 9.70. The Hall–Kier alpha value is -3.16. The average Bonchev–Trinajstić information content (AvgIpc) is 3.08. The van der Waals surface area contributed by atoms with E-state index >= 15 is 0 Å². The molecule has 0 unspecified atom stereocenters. The number of sulfonamides is 1. The number of hydrogen-bond donors (Lipinski definition) is 0. The van der Waals surface area contributed by atoms with Gasteiger partial charge in [-0.3, -0.25) is 4.57 Å². The van der Waals surface area contributed by atoms with Crippen molar-refractivity contribution in [2.24, 2.45) is 0 Å². The van der Waals surface area contributed by atoms with Gasteiger partial charge in [0.2, 0.25) is 10.0 Å². The van der Waals surface area contributed by atoms with Crippen molar-refractivity contribution in [3.63, 3.8) is 0 Å². The highest BCUT2D eigenvalue weighted by Gasteiger charge is 2.26. The summed E-state index contributed by atoms with van der Waals surface area (Å²) in [5, 5.41) is 0. The minimum absolute atomic E-state index is 0.0962. The Labute approximate surface area is 175 Å². The molecule has 0 aliphatic rings. The zero-order valence-corrected chi connectivity index (χ0v) is 17.4. The first-order valence-corrected chi connectivity index (χ1v) is 11.1. The maximum Gasteiger partial charge on any atom is 0.419 e. The summed E-state index contributed by atoms with van der Waals surface area (Å²) in [6, 6.07) is 23.5. The minimum Gasteiger partial charge on any atom is -0.408 e. The Morgan fingerprint density at radius 2 is 1.43 bits per heavy atom. The van der Waals surface area contributed by atoms with Crippen molar-refractivity contribution < 1.29 is 12.8 Å². The topological polar surface area (TPSA) is 72.5 Å². The lowest BCUT2D eigenvalue weighted by molar-refractivity contribution is 0.401. The highest BCUT2D eigenvalue weighted by molar-refractivity contribution is 7.89. The summed E-state index contributed by atoms with van der Waals surface area (Å²) in [6.45, 7) is 2.75. The fraction of sp³-hybridized carbons (Fsp3) is 0.174. The lowest BCUT2D eigenvalue weighted by Gasteiger charge is -2.22. The maximum atomic E-state index is 13.5. The van der Waals surface area contributed by atoms with Crippen LogP contribution in [0, 0.1) is 0 Å². The Balaban J connectivity index is 1.76. The van der Waals surface area contributed by atoms with Gasteiger partial charge in [0.1, 0.15) is 0 Å². The summed E-state index contributed by atoms with van der Waals surface area (Å²) < 4.78 is 35.3. The molecular weight excluding hydrogens is 400 g/mol. The van der Waals surface area contributed by atoms with Gasteiger partial charge in [-0.2, -0.15) is 4.31 Å². The maximum absolute atomic E-state index is 13.5. The molecule has 1 aromatic heterocycles. The van der Waals surface area contributed by atoms with Crippen molar-refractivity contribution in [1.29, 1.82) is 0 Å². The standard InChI is InChI=1S/C23H22N2O4S/c1-2-25-21-14-13-20(15-22(21)29-23(25)26)30(27,28)24(16-18-9-5-3-6-10-18)17-19-11-7-4-8-12-19/h3-15H,2,16-17H2,1H3. The molecule has 0 saturated heterocycles. The van der Waals surface area contributed by atoms with Gasteiger partial charge in [-0.15, -0.1) is 0 Å². The van der Waals surface area contributed by atoms with E-state index in [1.54, 1.807) is 6.07 Å². The van der Waals surface area contributed by atoms with Crippen LogP contribution in [0.15, 0.2) is 93.0 Å². The lowest BCUT2D eigenvalue weighted by Crippen LogP contribution is -2.30. The number of hydrogen-bond acceptors (Lipinski definition) is 4. The van der Waals surface area contributed by atoms with Gasteiger partial charge in [-0.25, -0.2) is 13.2 Å². The second-order valence-corrected chi connectivity index (χ2v) is 8.92. The van der Waals surface area contributed by atoms with Crippen LogP contribution in [-0.2, 0) is 29.7 Å². The van der Waals surface area contributed by atoms with Crippen LogP contribution in [0.5, 0.6) is 0 Å². The Kier molecular flexibility index (Phi) is 5.57. The van der Waals surface area contributed by atoms with E-state index < -0.39 is 15.8 Å². The van der Waals surface area contributed by atoms with Crippen LogP contribution < -0.4 is 5.76 Å². The molecule has 3 aromatic carbocycles. The third kappa shape index (κ3) is 3.94. The highest BCUT2D eigenvalue weighted by atomic mass is 32.2. The SMILES string of the molecule is CCn1c(=O)oc2cc(S(=O)(=O)N(Cc3ccccc3)Cc3ccccc3)ccc21. The van der Waals surface area contributed by atoms with Crippen LogP contribution in [0.3, 0.4) is 0 Å². The van der Waals surface area contributed by atoms with Gasteiger partial charge in [-0.05, 0) is 30.2 Å². The van der Waals surface area contributed by atoms with E-state index in [0.717, 1.165) is 11.1 Å². The monoisotopic (exact) mass is 422 g/mol. The van der Waals surface area contributed by atoms with Crippen LogP contribution in [0.1, 0.15) is 18.1 Å². The van der Waals surface area contributed by atoms with Crippen LogP contribution >= 0.6 is 0 Å². The number of fused-ring (bicyclic) bond motifs is 1. The summed E-state index contributed by atoms with van der Waals surface area (Å²) in [5.41, 5.74) is 2.63. The Bertz CT molecular complexity index is 1270. The molecule has 154 valence electrons. The fourth-order valence-electron chi connectivity index (χ4n) is 3.46. The molecule has 0 N–H and O–H groups in total. The third-order valence-electron chi connectivity index (χ3n) is 5.00. The largest absolute Gasteiger partial charge is 0.419 e. The first kappa shape index (κ1) is 20.1. The van der Waals surface area contributed by atoms with Crippen LogP contribution in [-0.4, -0.2) is 17.3 Å². The van der Waals surface area contributed by atoms with Gasteiger partial charge in [0, 0.05) is 25.7 Å². The molecule has 0 atom stereocenters. The number of aryl methyl sites for hydroxylation is 1. The quantitative estimate of drug-likeness (QED) is 0.451. The molecular formula is C23H22N2O4S. The van der Waals surface area contributed by atoms with Crippen molar-refractivity contribution in [1.82, 2.24) is 8.87 Å². The van der Waals surface area contributed by atoms with Gasteiger partial charge in [-0.1, -0.05) is 60.7 Å². The second kappa shape index (κ2) is 8.30. The molecule has 0 saturated carbocycles. The molecule has 6 nitrogen and oxygen atoms in total. The van der Waals surface area contributed by atoms with E-state index in [0.29, 0.717) is 12.1 Å². The summed E-state index contributed by atoms with van der Waals surface area (Å²) in [4.78, 5) is 12.1. The predicted molar refractivity (Wildman–Crippen MR) is 115 cm³/mol. The molecule has 0 amide bonds. The second-order valence-electron chi connectivity index (χ2n) is 6.99. The summed E-state index contributed by atoms with van der Waals surface area (Å²) in [6.07, 6.45) is 0. The minimum atomic E-state index is -3.84. The molecule has 7 heteroatoms. The zero-order chi connectivity index (χ0) is 21.1. The zero-order valence-electron chi connectivity index (χ0n) is 16.6. The fourth-order valence-corrected chi connectivity index (χ4v) is 4.89.